The Kier molecular flexibility index (Phi) is 4.00. The topological polar surface area (TPSA) is 0 Å². The van der Waals surface area contributed by atoms with E-state index in [4.69, 9.17) is 0 Å². The number of allylic oxidation sites excluding steroid dienone is 2. The first-order valence-corrected chi connectivity index (χ1v) is 8.22. The summed E-state index contributed by atoms with van der Waals surface area (Å²) in [5.74, 6) is -2.59. The van der Waals surface area contributed by atoms with E-state index < -0.39 is 5.92 Å². The van der Waals surface area contributed by atoms with Crippen molar-refractivity contribution in [3.63, 3.8) is 0 Å². The van der Waals surface area contributed by atoms with Crippen LogP contribution >= 0.6 is 11.3 Å². The molecule has 0 N–H and O–H groups in total. The normalized spacial score (nSPS) is 15.5. The first-order chi connectivity index (χ1) is 10.4. The van der Waals surface area contributed by atoms with Gasteiger partial charge in [0.1, 0.15) is 0 Å². The average molecular weight is 316 g/mol. The number of halogens is 2. The van der Waals surface area contributed by atoms with Crippen molar-refractivity contribution in [1.29, 1.82) is 0 Å². The summed E-state index contributed by atoms with van der Waals surface area (Å²) < 4.78 is 26.9. The molecule has 0 saturated heterocycles. The summed E-state index contributed by atoms with van der Waals surface area (Å²) in [5, 5.41) is 2.04. The molecule has 114 valence electrons. The van der Waals surface area contributed by atoms with Gasteiger partial charge in [0.15, 0.2) is 0 Å². The average Bonchev–Trinajstić information content (AvgIpc) is 3.08. The summed E-state index contributed by atoms with van der Waals surface area (Å²) in [6.45, 7) is 8.22. The minimum absolute atomic E-state index is 0.135. The Balaban J connectivity index is 1.65. The highest BCUT2D eigenvalue weighted by molar-refractivity contribution is 7.11. The molecule has 1 aliphatic rings. The van der Waals surface area contributed by atoms with Crippen LogP contribution in [0, 0.1) is 0 Å². The number of alkyl halides is 2. The Labute approximate surface area is 133 Å². The van der Waals surface area contributed by atoms with Crippen LogP contribution in [-0.2, 0) is 12.8 Å². The summed E-state index contributed by atoms with van der Waals surface area (Å²) in [6, 6.07) is 9.70. The molecular formula is C19H18F2S. The predicted octanol–water partition coefficient (Wildman–Crippen LogP) is 5.99. The molecule has 1 heterocycles. The second kappa shape index (κ2) is 5.81. The maximum Gasteiger partial charge on any atom is 0.256 e. The quantitative estimate of drug-likeness (QED) is 0.635. The molecule has 0 bridgehead atoms. The lowest BCUT2D eigenvalue weighted by atomic mass is 9.97. The van der Waals surface area contributed by atoms with Crippen molar-refractivity contribution in [2.24, 2.45) is 0 Å². The highest BCUT2D eigenvalue weighted by Gasteiger charge is 2.37. The number of hydrogen-bond acceptors (Lipinski definition) is 1. The third-order valence-corrected chi connectivity index (χ3v) is 5.08. The van der Waals surface area contributed by atoms with Crippen molar-refractivity contribution in [1.82, 2.24) is 0 Å². The van der Waals surface area contributed by atoms with Crippen LogP contribution in [0.2, 0.25) is 0 Å². The van der Waals surface area contributed by atoms with Crippen LogP contribution in [0.15, 0.2) is 48.9 Å². The standard InChI is InChI=1S/C19H18F2S/c1-13(5-6-14(2)18-4-3-9-22-18)15-7-8-16-11-19(20,21)12-17(16)10-15/h3-4,7-10H,1-2,5-6,11-12H2. The monoisotopic (exact) mass is 316 g/mol. The molecule has 0 nitrogen and oxygen atoms in total. The van der Waals surface area contributed by atoms with Gasteiger partial charge in [0, 0.05) is 17.7 Å². The second-order valence-electron chi connectivity index (χ2n) is 5.88. The maximum atomic E-state index is 13.4. The third kappa shape index (κ3) is 3.20. The summed E-state index contributed by atoms with van der Waals surface area (Å²) >= 11 is 1.68. The molecule has 1 aliphatic carbocycles. The fourth-order valence-corrected chi connectivity index (χ4v) is 3.58. The van der Waals surface area contributed by atoms with Gasteiger partial charge in [-0.1, -0.05) is 37.4 Å². The molecule has 0 spiro atoms. The molecule has 0 unspecified atom stereocenters. The van der Waals surface area contributed by atoms with E-state index in [1.807, 2.05) is 29.6 Å². The largest absolute Gasteiger partial charge is 0.256 e. The Morgan fingerprint density at radius 2 is 1.77 bits per heavy atom. The van der Waals surface area contributed by atoms with Crippen molar-refractivity contribution in [3.8, 4) is 0 Å². The van der Waals surface area contributed by atoms with E-state index in [0.29, 0.717) is 0 Å². The molecule has 0 amide bonds. The summed E-state index contributed by atoms with van der Waals surface area (Å²) in [5.41, 5.74) is 4.58. The molecule has 2 aromatic rings. The van der Waals surface area contributed by atoms with Gasteiger partial charge in [-0.25, -0.2) is 8.78 Å². The predicted molar refractivity (Wildman–Crippen MR) is 90.4 cm³/mol. The van der Waals surface area contributed by atoms with Gasteiger partial charge in [0.05, 0.1) is 0 Å². The van der Waals surface area contributed by atoms with Gasteiger partial charge in [0.25, 0.3) is 5.92 Å². The van der Waals surface area contributed by atoms with Crippen molar-refractivity contribution in [2.45, 2.75) is 31.6 Å². The number of hydrogen-bond donors (Lipinski definition) is 0. The summed E-state index contributed by atoms with van der Waals surface area (Å²) in [7, 11) is 0. The highest BCUT2D eigenvalue weighted by atomic mass is 32.1. The van der Waals surface area contributed by atoms with Crippen LogP contribution in [-0.4, -0.2) is 5.92 Å². The van der Waals surface area contributed by atoms with Crippen molar-refractivity contribution >= 4 is 22.5 Å². The molecular weight excluding hydrogens is 298 g/mol. The van der Waals surface area contributed by atoms with Crippen molar-refractivity contribution in [2.75, 3.05) is 0 Å². The maximum absolute atomic E-state index is 13.4. The third-order valence-electron chi connectivity index (χ3n) is 4.11. The Morgan fingerprint density at radius 3 is 2.50 bits per heavy atom. The lowest BCUT2D eigenvalue weighted by Crippen LogP contribution is -2.14. The highest BCUT2D eigenvalue weighted by Crippen LogP contribution is 2.36. The Hall–Kier alpha value is -1.74. The molecule has 0 saturated carbocycles. The number of thiophene rings is 1. The first kappa shape index (κ1) is 15.2. The first-order valence-electron chi connectivity index (χ1n) is 7.34. The SMILES string of the molecule is C=C(CCC(=C)c1cccs1)c1ccc2c(c1)CC(F)(F)C2. The fourth-order valence-electron chi connectivity index (χ4n) is 2.85. The van der Waals surface area contributed by atoms with Crippen LogP contribution in [0.1, 0.15) is 34.4 Å². The van der Waals surface area contributed by atoms with Crippen molar-refractivity contribution in [3.05, 3.63) is 70.4 Å². The van der Waals surface area contributed by atoms with Crippen molar-refractivity contribution < 1.29 is 8.78 Å². The van der Waals surface area contributed by atoms with Crippen LogP contribution < -0.4 is 0 Å². The van der Waals surface area contributed by atoms with Crippen LogP contribution in [0.5, 0.6) is 0 Å². The summed E-state index contributed by atoms with van der Waals surface area (Å²) in [6.07, 6.45) is 1.36. The van der Waals surface area contributed by atoms with E-state index in [9.17, 15) is 8.78 Å². The van der Waals surface area contributed by atoms with Gasteiger partial charge in [-0.15, -0.1) is 11.3 Å². The zero-order valence-electron chi connectivity index (χ0n) is 12.4. The fraction of sp³-hybridized carbons (Fsp3) is 0.263. The summed E-state index contributed by atoms with van der Waals surface area (Å²) in [4.78, 5) is 1.20. The zero-order valence-corrected chi connectivity index (χ0v) is 13.2. The molecule has 3 heteroatoms. The molecule has 0 fully saturated rings. The minimum atomic E-state index is -2.59. The van der Waals surface area contributed by atoms with Gasteiger partial charge in [-0.2, -0.15) is 0 Å². The van der Waals surface area contributed by atoms with Crippen LogP contribution in [0.3, 0.4) is 0 Å². The van der Waals surface area contributed by atoms with Gasteiger partial charge < -0.3 is 0 Å². The molecule has 1 aromatic heterocycles. The molecule has 22 heavy (non-hydrogen) atoms. The van der Waals surface area contributed by atoms with Gasteiger partial charge in [-0.05, 0) is 52.1 Å². The molecule has 3 rings (SSSR count). The van der Waals surface area contributed by atoms with E-state index in [1.54, 1.807) is 11.3 Å². The van der Waals surface area contributed by atoms with Crippen LogP contribution in [0.25, 0.3) is 11.1 Å². The Bertz CT molecular complexity index is 711. The molecule has 1 aromatic carbocycles. The number of benzene rings is 1. The van der Waals surface area contributed by atoms with E-state index in [-0.39, 0.29) is 12.8 Å². The smallest absolute Gasteiger partial charge is 0.206 e. The second-order valence-corrected chi connectivity index (χ2v) is 6.83. The van der Waals surface area contributed by atoms with E-state index in [0.717, 1.165) is 40.7 Å². The molecule has 0 aliphatic heterocycles. The number of rotatable bonds is 5. The lowest BCUT2D eigenvalue weighted by molar-refractivity contribution is 0.0130. The lowest BCUT2D eigenvalue weighted by Gasteiger charge is -2.09. The van der Waals surface area contributed by atoms with E-state index in [1.165, 1.54) is 4.88 Å². The molecule has 0 radical (unpaired) electrons. The van der Waals surface area contributed by atoms with Crippen LogP contribution in [0.4, 0.5) is 8.78 Å². The van der Waals surface area contributed by atoms with E-state index in [2.05, 4.69) is 19.2 Å². The molecule has 0 atom stereocenters. The van der Waals surface area contributed by atoms with E-state index >= 15 is 0 Å². The van der Waals surface area contributed by atoms with Gasteiger partial charge >= 0.3 is 0 Å². The van der Waals surface area contributed by atoms with Gasteiger partial charge in [-0.3, -0.25) is 0 Å². The number of fused-ring (bicyclic) bond motifs is 1. The minimum Gasteiger partial charge on any atom is -0.206 e. The van der Waals surface area contributed by atoms with Gasteiger partial charge in [0.2, 0.25) is 0 Å². The zero-order chi connectivity index (χ0) is 15.7. The Morgan fingerprint density at radius 1 is 1.05 bits per heavy atom.